The van der Waals surface area contributed by atoms with Gasteiger partial charge in [0.05, 0.1) is 12.2 Å². The molecule has 1 aromatic rings. The number of nitrogens with two attached hydrogens (primary N) is 1. The molecule has 3 N–H and O–H groups in total. The lowest BCUT2D eigenvalue weighted by Crippen LogP contribution is -2.57. The number of carbonyl (C=O) groups is 1. The first-order valence-corrected chi connectivity index (χ1v) is 7.67. The molecule has 21 heavy (non-hydrogen) atoms. The maximum Gasteiger partial charge on any atom is 0.244 e. The van der Waals surface area contributed by atoms with Gasteiger partial charge < -0.3 is 10.5 Å². The predicted molar refractivity (Wildman–Crippen MR) is 83.8 cm³/mol. The molecule has 0 heterocycles. The fourth-order valence-electron chi connectivity index (χ4n) is 2.20. The van der Waals surface area contributed by atoms with Crippen molar-refractivity contribution in [2.75, 3.05) is 6.61 Å². The zero-order valence-corrected chi connectivity index (χ0v) is 13.2. The first kappa shape index (κ1) is 16.0. The van der Waals surface area contributed by atoms with E-state index in [1.165, 1.54) is 0 Å². The van der Waals surface area contributed by atoms with Crippen LogP contribution in [0.2, 0.25) is 0 Å². The quantitative estimate of drug-likeness (QED) is 0.772. The number of nitrogens with one attached hydrogen (secondary N) is 1. The molecule has 0 spiro atoms. The van der Waals surface area contributed by atoms with Gasteiger partial charge in [0, 0.05) is 6.04 Å². The monoisotopic (exact) mass is 290 g/mol. The molecule has 0 aromatic heterocycles. The molecule has 1 aliphatic rings. The second-order valence-corrected chi connectivity index (χ2v) is 6.46. The predicted octanol–water partition coefficient (Wildman–Crippen LogP) is 2.32. The number of primary amides is 1. The first-order valence-electron chi connectivity index (χ1n) is 7.67. The third-order valence-corrected chi connectivity index (χ3v) is 4.25. The Labute approximate surface area is 127 Å². The van der Waals surface area contributed by atoms with Gasteiger partial charge in [-0.3, -0.25) is 10.1 Å². The molecule has 0 aliphatic heterocycles. The van der Waals surface area contributed by atoms with Crippen molar-refractivity contribution in [2.24, 2.45) is 5.73 Å². The molecule has 2 rings (SSSR count). The van der Waals surface area contributed by atoms with Crippen LogP contribution in [-0.2, 0) is 15.1 Å². The van der Waals surface area contributed by atoms with E-state index in [4.69, 9.17) is 10.5 Å². The molecule has 1 fully saturated rings. The van der Waals surface area contributed by atoms with E-state index in [0.717, 1.165) is 24.8 Å². The van der Waals surface area contributed by atoms with Crippen molar-refractivity contribution in [1.29, 1.82) is 0 Å². The van der Waals surface area contributed by atoms with E-state index in [1.54, 1.807) is 0 Å². The normalized spacial score (nSPS) is 18.2. The molecule has 4 heteroatoms. The van der Waals surface area contributed by atoms with Crippen LogP contribution in [0.3, 0.4) is 0 Å². The van der Waals surface area contributed by atoms with Crippen LogP contribution in [0.25, 0.3) is 0 Å². The third kappa shape index (κ3) is 3.83. The average Bonchev–Trinajstić information content (AvgIpc) is 3.28. The summed E-state index contributed by atoms with van der Waals surface area (Å²) in [7, 11) is 0. The summed E-state index contributed by atoms with van der Waals surface area (Å²) in [5.41, 5.74) is 5.41. The summed E-state index contributed by atoms with van der Waals surface area (Å²) in [6.45, 7) is 6.38. The van der Waals surface area contributed by atoms with Gasteiger partial charge in [-0.05, 0) is 38.7 Å². The SMILES string of the molecule is CCC(C)(C)OCC(NC1CC1)(C(N)=O)c1ccccc1. The van der Waals surface area contributed by atoms with Crippen molar-refractivity contribution in [3.8, 4) is 0 Å². The number of hydrogen-bond donors (Lipinski definition) is 2. The van der Waals surface area contributed by atoms with Crippen LogP contribution in [0, 0.1) is 0 Å². The number of carbonyl (C=O) groups excluding carboxylic acids is 1. The first-order chi connectivity index (χ1) is 9.89. The second kappa shape index (κ2) is 6.16. The van der Waals surface area contributed by atoms with Crippen LogP contribution in [0.15, 0.2) is 30.3 Å². The van der Waals surface area contributed by atoms with Gasteiger partial charge in [-0.15, -0.1) is 0 Å². The van der Waals surface area contributed by atoms with Crippen LogP contribution < -0.4 is 11.1 Å². The molecule has 0 saturated heterocycles. The molecule has 116 valence electrons. The van der Waals surface area contributed by atoms with Crippen molar-refractivity contribution >= 4 is 5.91 Å². The molecule has 1 atom stereocenters. The minimum Gasteiger partial charge on any atom is -0.373 e. The zero-order valence-electron chi connectivity index (χ0n) is 13.2. The van der Waals surface area contributed by atoms with Gasteiger partial charge in [0.25, 0.3) is 0 Å². The Hall–Kier alpha value is -1.39. The summed E-state index contributed by atoms with van der Waals surface area (Å²) in [6, 6.07) is 10.00. The molecule has 1 saturated carbocycles. The zero-order chi connectivity index (χ0) is 15.5. The van der Waals surface area contributed by atoms with Gasteiger partial charge in [0.15, 0.2) is 0 Å². The van der Waals surface area contributed by atoms with Crippen LogP contribution in [0.4, 0.5) is 0 Å². The van der Waals surface area contributed by atoms with Gasteiger partial charge in [-0.25, -0.2) is 0 Å². The van der Waals surface area contributed by atoms with Crippen molar-refractivity contribution in [2.45, 2.75) is 57.2 Å². The second-order valence-electron chi connectivity index (χ2n) is 6.46. The molecule has 4 nitrogen and oxygen atoms in total. The third-order valence-electron chi connectivity index (χ3n) is 4.25. The smallest absolute Gasteiger partial charge is 0.244 e. The largest absolute Gasteiger partial charge is 0.373 e. The Kier molecular flexibility index (Phi) is 4.69. The van der Waals surface area contributed by atoms with E-state index >= 15 is 0 Å². The summed E-state index contributed by atoms with van der Waals surface area (Å²) < 4.78 is 6.03. The van der Waals surface area contributed by atoms with Crippen molar-refractivity contribution in [1.82, 2.24) is 5.32 Å². The maximum atomic E-state index is 12.3. The highest BCUT2D eigenvalue weighted by Gasteiger charge is 2.44. The standard InChI is InChI=1S/C17H26N2O2/c1-4-16(2,3)21-12-17(15(18)20,19-14-10-11-14)13-8-6-5-7-9-13/h5-9,14,19H,4,10-12H2,1-3H3,(H2,18,20). The number of hydrogen-bond acceptors (Lipinski definition) is 3. The van der Waals surface area contributed by atoms with Crippen LogP contribution in [0.1, 0.15) is 45.6 Å². The molecule has 1 amide bonds. The molecule has 1 unspecified atom stereocenters. The molecule has 0 radical (unpaired) electrons. The summed E-state index contributed by atoms with van der Waals surface area (Å²) in [6.07, 6.45) is 3.04. The minimum absolute atomic E-state index is 0.254. The van der Waals surface area contributed by atoms with Crippen molar-refractivity contribution in [3.05, 3.63) is 35.9 Å². The summed E-state index contributed by atoms with van der Waals surface area (Å²) in [4.78, 5) is 12.3. The van der Waals surface area contributed by atoms with Crippen LogP contribution >= 0.6 is 0 Å². The fourth-order valence-corrected chi connectivity index (χ4v) is 2.20. The number of ether oxygens (including phenoxy) is 1. The van der Waals surface area contributed by atoms with E-state index in [1.807, 2.05) is 44.2 Å². The Morgan fingerprint density at radius 2 is 1.95 bits per heavy atom. The Morgan fingerprint density at radius 1 is 1.33 bits per heavy atom. The van der Waals surface area contributed by atoms with E-state index in [2.05, 4.69) is 12.2 Å². The van der Waals surface area contributed by atoms with E-state index in [0.29, 0.717) is 6.04 Å². The Bertz CT molecular complexity index is 483. The van der Waals surface area contributed by atoms with E-state index in [9.17, 15) is 4.79 Å². The summed E-state index contributed by atoms with van der Waals surface area (Å²) in [5.74, 6) is -0.382. The lowest BCUT2D eigenvalue weighted by atomic mass is 9.89. The van der Waals surface area contributed by atoms with Crippen molar-refractivity contribution < 1.29 is 9.53 Å². The van der Waals surface area contributed by atoms with Crippen LogP contribution in [0.5, 0.6) is 0 Å². The molecular weight excluding hydrogens is 264 g/mol. The van der Waals surface area contributed by atoms with Gasteiger partial charge in [0.1, 0.15) is 5.54 Å². The van der Waals surface area contributed by atoms with Gasteiger partial charge in [-0.2, -0.15) is 0 Å². The highest BCUT2D eigenvalue weighted by atomic mass is 16.5. The lowest BCUT2D eigenvalue weighted by molar-refractivity contribution is -0.131. The van der Waals surface area contributed by atoms with Crippen molar-refractivity contribution in [3.63, 3.8) is 0 Å². The topological polar surface area (TPSA) is 64.3 Å². The summed E-state index contributed by atoms with van der Waals surface area (Å²) in [5, 5.41) is 3.42. The van der Waals surface area contributed by atoms with Gasteiger partial charge in [-0.1, -0.05) is 37.3 Å². The lowest BCUT2D eigenvalue weighted by Gasteiger charge is -2.36. The number of rotatable bonds is 8. The molecule has 0 bridgehead atoms. The maximum absolute atomic E-state index is 12.3. The van der Waals surface area contributed by atoms with Crippen LogP contribution in [-0.4, -0.2) is 24.2 Å². The van der Waals surface area contributed by atoms with E-state index < -0.39 is 5.54 Å². The van der Waals surface area contributed by atoms with E-state index in [-0.39, 0.29) is 18.1 Å². The minimum atomic E-state index is -0.950. The Balaban J connectivity index is 2.29. The Morgan fingerprint density at radius 3 is 2.43 bits per heavy atom. The number of benzene rings is 1. The summed E-state index contributed by atoms with van der Waals surface area (Å²) >= 11 is 0. The fraction of sp³-hybridized carbons (Fsp3) is 0.588. The average molecular weight is 290 g/mol. The van der Waals surface area contributed by atoms with Gasteiger partial charge >= 0.3 is 0 Å². The number of amides is 1. The molecule has 1 aliphatic carbocycles. The molecule has 1 aromatic carbocycles. The van der Waals surface area contributed by atoms with Gasteiger partial charge in [0.2, 0.25) is 5.91 Å². The molecular formula is C17H26N2O2. The highest BCUT2D eigenvalue weighted by molar-refractivity contribution is 5.86. The highest BCUT2D eigenvalue weighted by Crippen LogP contribution is 2.30.